The van der Waals surface area contributed by atoms with Crippen LogP contribution in [0.15, 0.2) is 0 Å². The number of aliphatic hydroxyl groups is 1. The zero-order chi connectivity index (χ0) is 7.33. The molecule has 1 unspecified atom stereocenters. The Labute approximate surface area is 52.5 Å². The lowest BCUT2D eigenvalue weighted by atomic mass is 10.5. The first-order chi connectivity index (χ1) is 4.06. The van der Waals surface area contributed by atoms with E-state index < -0.39 is 7.82 Å². The van der Waals surface area contributed by atoms with Gasteiger partial charge >= 0.3 is 0 Å². The molecule has 2 N–H and O–H groups in total. The van der Waals surface area contributed by atoms with E-state index in [-0.39, 0.29) is 19.6 Å². The predicted octanol–water partition coefficient (Wildman–Crippen LogP) is -1.15. The summed E-state index contributed by atoms with van der Waals surface area (Å²) < 4.78 is 13.7. The first-order valence-corrected chi connectivity index (χ1v) is 3.85. The molecule has 0 saturated heterocycles. The lowest BCUT2D eigenvalue weighted by Gasteiger charge is -2.14. The van der Waals surface area contributed by atoms with Crippen LogP contribution in [0.25, 0.3) is 0 Å². The van der Waals surface area contributed by atoms with Gasteiger partial charge in [-0.15, -0.1) is 0 Å². The Kier molecular flexibility index (Phi) is 4.01. The molecule has 0 rings (SSSR count). The lowest BCUT2D eigenvalue weighted by Crippen LogP contribution is -2.05. The highest BCUT2D eigenvalue weighted by Crippen LogP contribution is 2.29. The van der Waals surface area contributed by atoms with Gasteiger partial charge in [0.15, 0.2) is 0 Å². The summed E-state index contributed by atoms with van der Waals surface area (Å²) in [5.41, 5.74) is 0. The summed E-state index contributed by atoms with van der Waals surface area (Å²) in [6.45, 7) is -0.326. The van der Waals surface area contributed by atoms with Crippen molar-refractivity contribution in [1.82, 2.24) is 0 Å². The van der Waals surface area contributed by atoms with Gasteiger partial charge in [0.05, 0.1) is 6.61 Å². The van der Waals surface area contributed by atoms with Crippen molar-refractivity contribution in [2.24, 2.45) is 0 Å². The summed E-state index contributed by atoms with van der Waals surface area (Å²) in [6.07, 6.45) is 0.201. The minimum Gasteiger partial charge on any atom is -0.756 e. The molecule has 0 radical (unpaired) electrons. The van der Waals surface area contributed by atoms with Gasteiger partial charge < -0.3 is 19.4 Å². The highest BCUT2D eigenvalue weighted by Gasteiger charge is 1.98. The van der Waals surface area contributed by atoms with Gasteiger partial charge in [0.2, 0.25) is 0 Å². The molecule has 0 heterocycles. The minimum atomic E-state index is -4.56. The van der Waals surface area contributed by atoms with Gasteiger partial charge in [0, 0.05) is 6.61 Å². The Morgan fingerprint density at radius 1 is 1.67 bits per heavy atom. The molecule has 5 nitrogen and oxygen atoms in total. The van der Waals surface area contributed by atoms with E-state index in [9.17, 15) is 9.46 Å². The maximum Gasteiger partial charge on any atom is 0.265 e. The molecule has 0 fully saturated rings. The van der Waals surface area contributed by atoms with Crippen molar-refractivity contribution in [3.63, 3.8) is 0 Å². The molecule has 0 aliphatic rings. The largest absolute Gasteiger partial charge is 0.756 e. The van der Waals surface area contributed by atoms with Crippen molar-refractivity contribution >= 4 is 7.82 Å². The van der Waals surface area contributed by atoms with Gasteiger partial charge in [-0.2, -0.15) is 0 Å². The molecular formula is C3H8O5P-. The molecular weight excluding hydrogens is 147 g/mol. The summed E-state index contributed by atoms with van der Waals surface area (Å²) in [6, 6.07) is 0. The van der Waals surface area contributed by atoms with Gasteiger partial charge in [-0.1, -0.05) is 0 Å². The fourth-order valence-corrected chi connectivity index (χ4v) is 0.604. The third kappa shape index (κ3) is 8.07. The third-order valence-electron chi connectivity index (χ3n) is 0.557. The van der Waals surface area contributed by atoms with Crippen LogP contribution in [0.3, 0.4) is 0 Å². The van der Waals surface area contributed by atoms with Crippen molar-refractivity contribution in [3.05, 3.63) is 0 Å². The Balaban J connectivity index is 3.18. The number of phosphoric acid groups is 1. The second kappa shape index (κ2) is 3.98. The molecule has 0 amide bonds. The molecule has 1 atom stereocenters. The highest BCUT2D eigenvalue weighted by molar-refractivity contribution is 7.44. The number of hydrogen-bond donors (Lipinski definition) is 2. The summed E-state index contributed by atoms with van der Waals surface area (Å²) >= 11 is 0. The highest BCUT2D eigenvalue weighted by atomic mass is 31.2. The van der Waals surface area contributed by atoms with Gasteiger partial charge in [0.25, 0.3) is 7.82 Å². The zero-order valence-corrected chi connectivity index (χ0v) is 5.58. The fraction of sp³-hybridized carbons (Fsp3) is 1.00. The van der Waals surface area contributed by atoms with E-state index in [1.165, 1.54) is 0 Å². The fourth-order valence-electron chi connectivity index (χ4n) is 0.244. The summed E-state index contributed by atoms with van der Waals surface area (Å²) in [5, 5.41) is 8.11. The van der Waals surface area contributed by atoms with Crippen LogP contribution in [0.4, 0.5) is 0 Å². The van der Waals surface area contributed by atoms with Crippen LogP contribution in [-0.4, -0.2) is 23.2 Å². The van der Waals surface area contributed by atoms with E-state index in [0.717, 1.165) is 0 Å². The molecule has 6 heteroatoms. The molecule has 0 aromatic heterocycles. The lowest BCUT2D eigenvalue weighted by molar-refractivity contribution is -0.219. The normalized spacial score (nSPS) is 17.2. The molecule has 0 aromatic rings. The number of rotatable bonds is 4. The van der Waals surface area contributed by atoms with Crippen LogP contribution in [0, 0.1) is 0 Å². The molecule has 0 aromatic carbocycles. The smallest absolute Gasteiger partial charge is 0.265 e. The van der Waals surface area contributed by atoms with Crippen LogP contribution >= 0.6 is 7.82 Å². The van der Waals surface area contributed by atoms with Crippen molar-refractivity contribution in [3.8, 4) is 0 Å². The average Bonchev–Trinajstić information content (AvgIpc) is 1.63. The Morgan fingerprint density at radius 2 is 2.22 bits per heavy atom. The zero-order valence-electron chi connectivity index (χ0n) is 4.69. The Hall–Kier alpha value is 0.0700. The van der Waals surface area contributed by atoms with Gasteiger partial charge in [-0.25, -0.2) is 0 Å². The van der Waals surface area contributed by atoms with Gasteiger partial charge in [-0.3, -0.25) is 4.57 Å². The average molecular weight is 155 g/mol. The number of aliphatic hydroxyl groups excluding tert-OH is 1. The number of phosphoric ester groups is 1. The first-order valence-electron chi connectivity index (χ1n) is 2.35. The summed E-state index contributed by atoms with van der Waals surface area (Å²) in [7, 11) is -4.56. The van der Waals surface area contributed by atoms with E-state index in [4.69, 9.17) is 10.00 Å². The minimum absolute atomic E-state index is 0.153. The molecule has 9 heavy (non-hydrogen) atoms. The van der Waals surface area contributed by atoms with Crippen LogP contribution < -0.4 is 4.89 Å². The van der Waals surface area contributed by atoms with Crippen LogP contribution in [0.5, 0.6) is 0 Å². The molecule has 0 spiro atoms. The van der Waals surface area contributed by atoms with Crippen molar-refractivity contribution in [1.29, 1.82) is 0 Å². The predicted molar refractivity (Wildman–Crippen MR) is 27.5 cm³/mol. The number of hydrogen-bond acceptors (Lipinski definition) is 4. The van der Waals surface area contributed by atoms with Gasteiger partial charge in [0.1, 0.15) is 0 Å². The monoisotopic (exact) mass is 155 g/mol. The molecule has 0 aliphatic carbocycles. The molecule has 0 aliphatic heterocycles. The van der Waals surface area contributed by atoms with Crippen molar-refractivity contribution in [2.75, 3.05) is 13.2 Å². The van der Waals surface area contributed by atoms with Gasteiger partial charge in [-0.05, 0) is 6.42 Å². The maximum atomic E-state index is 9.79. The standard InChI is InChI=1S/C3H9O5P/c4-2-1-3-8-9(5,6)7/h4H,1-3H2,(H2,5,6,7)/p-1. The quantitative estimate of drug-likeness (QED) is 0.395. The van der Waals surface area contributed by atoms with Crippen LogP contribution in [0.1, 0.15) is 6.42 Å². The van der Waals surface area contributed by atoms with Crippen molar-refractivity contribution < 1.29 is 24.0 Å². The summed E-state index contributed by atoms with van der Waals surface area (Å²) in [5.74, 6) is 0. The summed E-state index contributed by atoms with van der Waals surface area (Å²) in [4.78, 5) is 17.7. The van der Waals surface area contributed by atoms with Crippen molar-refractivity contribution in [2.45, 2.75) is 6.42 Å². The van der Waals surface area contributed by atoms with Crippen LogP contribution in [0.2, 0.25) is 0 Å². The second-order valence-electron chi connectivity index (χ2n) is 1.38. The topological polar surface area (TPSA) is 89.8 Å². The van der Waals surface area contributed by atoms with E-state index >= 15 is 0 Å². The molecule has 56 valence electrons. The maximum absolute atomic E-state index is 9.79. The third-order valence-corrected chi connectivity index (χ3v) is 1.07. The van der Waals surface area contributed by atoms with E-state index in [0.29, 0.717) is 0 Å². The molecule has 0 saturated carbocycles. The van der Waals surface area contributed by atoms with E-state index in [1.807, 2.05) is 0 Å². The second-order valence-corrected chi connectivity index (χ2v) is 2.57. The Morgan fingerprint density at radius 3 is 2.56 bits per heavy atom. The van der Waals surface area contributed by atoms with Crippen LogP contribution in [-0.2, 0) is 9.09 Å². The molecule has 0 bridgehead atoms. The first kappa shape index (κ1) is 9.07. The SMILES string of the molecule is O=P([O-])(O)OCCCO. The Bertz CT molecular complexity index is 107. The van der Waals surface area contributed by atoms with E-state index in [2.05, 4.69) is 4.52 Å². The van der Waals surface area contributed by atoms with E-state index in [1.54, 1.807) is 0 Å².